The standard InChI is InChI=1S/C19H14ClF3N6O2/c1-10(17-27-11(2)28-29(17)16-5-12(9-24)3-4-25-16)26-18(30)13-6-14(20)8-15(7-13)31-19(21,22)23/h3-8,10H,1-2H3,(H,26,30)/t10-/m0/s1. The second kappa shape index (κ2) is 8.61. The van der Waals surface area contributed by atoms with Crippen LogP contribution in [-0.2, 0) is 0 Å². The summed E-state index contributed by atoms with van der Waals surface area (Å²) in [6.45, 7) is 3.25. The van der Waals surface area contributed by atoms with E-state index in [0.29, 0.717) is 23.0 Å². The molecule has 2 heterocycles. The van der Waals surface area contributed by atoms with Gasteiger partial charge in [-0.25, -0.2) is 9.97 Å². The van der Waals surface area contributed by atoms with Gasteiger partial charge in [-0.2, -0.15) is 9.94 Å². The number of pyridine rings is 1. The molecule has 2 aromatic heterocycles. The maximum atomic E-state index is 12.6. The predicted octanol–water partition coefficient (Wildman–Crippen LogP) is 3.89. The van der Waals surface area contributed by atoms with Crippen LogP contribution in [0.15, 0.2) is 36.5 Å². The van der Waals surface area contributed by atoms with Crippen molar-refractivity contribution in [1.29, 1.82) is 5.26 Å². The summed E-state index contributed by atoms with van der Waals surface area (Å²) >= 11 is 5.83. The molecule has 1 N–H and O–H groups in total. The minimum atomic E-state index is -4.93. The molecule has 0 fully saturated rings. The molecule has 0 aliphatic carbocycles. The SMILES string of the molecule is Cc1nc([C@H](C)NC(=O)c2cc(Cl)cc(OC(F)(F)F)c2)n(-c2cc(C#N)ccn2)n1. The molecule has 0 bridgehead atoms. The average molecular weight is 451 g/mol. The van der Waals surface area contributed by atoms with E-state index in [0.717, 1.165) is 12.1 Å². The summed E-state index contributed by atoms with van der Waals surface area (Å²) in [5.74, 6) is -0.298. The average Bonchev–Trinajstić information content (AvgIpc) is 3.08. The van der Waals surface area contributed by atoms with Crippen LogP contribution in [0.3, 0.4) is 0 Å². The molecule has 0 aliphatic heterocycles. The number of hydrogen-bond acceptors (Lipinski definition) is 6. The Hall–Kier alpha value is -3.65. The fourth-order valence-electron chi connectivity index (χ4n) is 2.71. The molecule has 3 rings (SSSR count). The maximum Gasteiger partial charge on any atom is 0.573 e. The summed E-state index contributed by atoms with van der Waals surface area (Å²) in [4.78, 5) is 21.1. The van der Waals surface area contributed by atoms with Crippen molar-refractivity contribution in [2.75, 3.05) is 0 Å². The lowest BCUT2D eigenvalue weighted by Crippen LogP contribution is -2.29. The highest BCUT2D eigenvalue weighted by molar-refractivity contribution is 6.31. The van der Waals surface area contributed by atoms with Gasteiger partial charge in [0.05, 0.1) is 17.7 Å². The van der Waals surface area contributed by atoms with Crippen LogP contribution in [0.4, 0.5) is 13.2 Å². The number of ether oxygens (including phenoxy) is 1. The first-order valence-electron chi connectivity index (χ1n) is 8.73. The molecule has 0 saturated heterocycles. The first kappa shape index (κ1) is 22.0. The molecule has 12 heteroatoms. The number of nitrogens with zero attached hydrogens (tertiary/aromatic N) is 5. The van der Waals surface area contributed by atoms with Gasteiger partial charge in [-0.15, -0.1) is 18.3 Å². The Morgan fingerprint density at radius 1 is 1.32 bits per heavy atom. The topological polar surface area (TPSA) is 106 Å². The van der Waals surface area contributed by atoms with Gasteiger partial charge in [0.1, 0.15) is 11.6 Å². The van der Waals surface area contributed by atoms with Crippen LogP contribution in [0.5, 0.6) is 5.75 Å². The molecule has 0 spiro atoms. The van der Waals surface area contributed by atoms with Gasteiger partial charge in [0.25, 0.3) is 5.91 Å². The number of nitrogens with one attached hydrogen (secondary N) is 1. The number of carbonyl (C=O) groups is 1. The third-order valence-corrected chi connectivity index (χ3v) is 4.15. The largest absolute Gasteiger partial charge is 0.573 e. The van der Waals surface area contributed by atoms with Crippen molar-refractivity contribution in [3.63, 3.8) is 0 Å². The maximum absolute atomic E-state index is 12.6. The normalized spacial score (nSPS) is 12.2. The molecule has 1 amide bonds. The van der Waals surface area contributed by atoms with E-state index in [-0.39, 0.29) is 10.6 Å². The molecule has 0 saturated carbocycles. The summed E-state index contributed by atoms with van der Waals surface area (Å²) in [6, 6.07) is 7.39. The first-order valence-corrected chi connectivity index (χ1v) is 9.11. The van der Waals surface area contributed by atoms with Crippen molar-refractivity contribution in [2.24, 2.45) is 0 Å². The Labute approximate surface area is 179 Å². The van der Waals surface area contributed by atoms with Crippen LogP contribution in [0.25, 0.3) is 5.82 Å². The van der Waals surface area contributed by atoms with Crippen LogP contribution >= 0.6 is 11.6 Å². The summed E-state index contributed by atoms with van der Waals surface area (Å²) < 4.78 is 42.7. The van der Waals surface area contributed by atoms with Gasteiger partial charge in [-0.3, -0.25) is 4.79 Å². The minimum Gasteiger partial charge on any atom is -0.406 e. The Kier molecular flexibility index (Phi) is 6.12. The molecule has 160 valence electrons. The van der Waals surface area contributed by atoms with Crippen LogP contribution in [0.1, 0.15) is 40.5 Å². The summed E-state index contributed by atoms with van der Waals surface area (Å²) in [7, 11) is 0. The van der Waals surface area contributed by atoms with Gasteiger partial charge >= 0.3 is 6.36 Å². The number of nitriles is 1. The van der Waals surface area contributed by atoms with Crippen molar-refractivity contribution in [3.05, 3.63) is 64.3 Å². The van der Waals surface area contributed by atoms with Crippen molar-refractivity contribution >= 4 is 17.5 Å². The van der Waals surface area contributed by atoms with Gasteiger partial charge in [-0.05, 0) is 38.1 Å². The van der Waals surface area contributed by atoms with E-state index in [4.69, 9.17) is 16.9 Å². The van der Waals surface area contributed by atoms with Crippen LogP contribution in [0.2, 0.25) is 5.02 Å². The zero-order valence-electron chi connectivity index (χ0n) is 16.1. The Morgan fingerprint density at radius 3 is 2.74 bits per heavy atom. The van der Waals surface area contributed by atoms with Crippen LogP contribution in [-0.4, -0.2) is 32.0 Å². The second-order valence-corrected chi connectivity index (χ2v) is 6.80. The number of hydrogen-bond donors (Lipinski definition) is 1. The minimum absolute atomic E-state index is 0.101. The van der Waals surface area contributed by atoms with Gasteiger partial charge in [0.2, 0.25) is 0 Å². The number of rotatable bonds is 5. The van der Waals surface area contributed by atoms with E-state index in [1.807, 2.05) is 6.07 Å². The summed E-state index contributed by atoms with van der Waals surface area (Å²) in [6.07, 6.45) is -3.49. The van der Waals surface area contributed by atoms with Crippen LogP contribution in [0, 0.1) is 18.3 Å². The number of halogens is 4. The number of aryl methyl sites for hydroxylation is 1. The van der Waals surface area contributed by atoms with Crippen LogP contribution < -0.4 is 10.1 Å². The highest BCUT2D eigenvalue weighted by Crippen LogP contribution is 2.27. The lowest BCUT2D eigenvalue weighted by Gasteiger charge is -2.15. The summed E-state index contributed by atoms with van der Waals surface area (Å²) in [5.41, 5.74) is 0.225. The smallest absolute Gasteiger partial charge is 0.406 e. The van der Waals surface area contributed by atoms with Crippen molar-refractivity contribution in [1.82, 2.24) is 25.1 Å². The Balaban J connectivity index is 1.87. The lowest BCUT2D eigenvalue weighted by atomic mass is 10.2. The first-order chi connectivity index (χ1) is 14.6. The molecular weight excluding hydrogens is 437 g/mol. The zero-order chi connectivity index (χ0) is 22.8. The molecular formula is C19H14ClF3N6O2. The molecule has 1 aromatic carbocycles. The highest BCUT2D eigenvalue weighted by atomic mass is 35.5. The molecule has 1 atom stereocenters. The quantitative estimate of drug-likeness (QED) is 0.632. The van der Waals surface area contributed by atoms with Gasteiger partial charge in [0.15, 0.2) is 11.6 Å². The van der Waals surface area contributed by atoms with Gasteiger partial charge < -0.3 is 10.1 Å². The van der Waals surface area contributed by atoms with E-state index in [1.54, 1.807) is 13.8 Å². The number of carbonyl (C=O) groups excluding carboxylic acids is 1. The third kappa shape index (κ3) is 5.49. The molecule has 3 aromatic rings. The zero-order valence-corrected chi connectivity index (χ0v) is 16.9. The number of amides is 1. The van der Waals surface area contributed by atoms with Crippen molar-refractivity contribution < 1.29 is 22.7 Å². The van der Waals surface area contributed by atoms with E-state index < -0.39 is 24.1 Å². The van der Waals surface area contributed by atoms with Gasteiger partial charge in [-0.1, -0.05) is 11.6 Å². The third-order valence-electron chi connectivity index (χ3n) is 3.93. The van der Waals surface area contributed by atoms with E-state index in [1.165, 1.54) is 29.1 Å². The number of aromatic nitrogens is 4. The summed E-state index contributed by atoms with van der Waals surface area (Å²) in [5, 5.41) is 15.9. The predicted molar refractivity (Wildman–Crippen MR) is 103 cm³/mol. The Morgan fingerprint density at radius 2 is 2.06 bits per heavy atom. The number of alkyl halides is 3. The monoisotopic (exact) mass is 450 g/mol. The van der Waals surface area contributed by atoms with E-state index in [2.05, 4.69) is 25.1 Å². The molecule has 0 unspecified atom stereocenters. The van der Waals surface area contributed by atoms with Gasteiger partial charge in [0, 0.05) is 22.8 Å². The second-order valence-electron chi connectivity index (χ2n) is 6.36. The number of benzene rings is 1. The van der Waals surface area contributed by atoms with E-state index in [9.17, 15) is 18.0 Å². The lowest BCUT2D eigenvalue weighted by molar-refractivity contribution is -0.274. The van der Waals surface area contributed by atoms with E-state index >= 15 is 0 Å². The fourth-order valence-corrected chi connectivity index (χ4v) is 2.94. The fraction of sp³-hybridized carbons (Fsp3) is 0.211. The van der Waals surface area contributed by atoms with Crippen molar-refractivity contribution in [3.8, 4) is 17.6 Å². The molecule has 0 aliphatic rings. The molecule has 31 heavy (non-hydrogen) atoms. The molecule has 0 radical (unpaired) electrons. The Bertz CT molecular complexity index is 1170. The highest BCUT2D eigenvalue weighted by Gasteiger charge is 2.31. The van der Waals surface area contributed by atoms with Crippen molar-refractivity contribution in [2.45, 2.75) is 26.3 Å². The molecule has 8 nitrogen and oxygen atoms in total.